The Morgan fingerprint density at radius 3 is 2.81 bits per heavy atom. The van der Waals surface area contributed by atoms with Crippen molar-refractivity contribution in [3.05, 3.63) is 34.9 Å². The van der Waals surface area contributed by atoms with E-state index in [1.54, 1.807) is 0 Å². The van der Waals surface area contributed by atoms with Crippen LogP contribution in [0.25, 0.3) is 0 Å². The van der Waals surface area contributed by atoms with E-state index in [4.69, 9.17) is 11.6 Å². The molecule has 0 radical (unpaired) electrons. The third kappa shape index (κ3) is 4.87. The number of benzene rings is 1. The van der Waals surface area contributed by atoms with Crippen LogP contribution in [0.2, 0.25) is 5.02 Å². The maximum atomic E-state index is 12.5. The highest BCUT2D eigenvalue weighted by Crippen LogP contribution is 2.29. The highest BCUT2D eigenvalue weighted by Gasteiger charge is 2.28. The Hall–Kier alpha value is -0.770. The summed E-state index contributed by atoms with van der Waals surface area (Å²) in [5.41, 5.74) is 1.04. The molecule has 0 aromatic heterocycles. The van der Waals surface area contributed by atoms with Crippen molar-refractivity contribution in [1.29, 1.82) is 0 Å². The quantitative estimate of drug-likeness (QED) is 0.913. The van der Waals surface area contributed by atoms with Crippen LogP contribution in [0, 0.1) is 5.92 Å². The minimum Gasteiger partial charge on any atom is -0.333 e. The maximum Gasteiger partial charge on any atom is 0.223 e. The lowest BCUT2D eigenvalue weighted by atomic mass is 10.0. The number of hydrogen-bond acceptors (Lipinski definition) is 2. The van der Waals surface area contributed by atoms with Crippen LogP contribution in [0.1, 0.15) is 38.3 Å². The van der Waals surface area contributed by atoms with Crippen molar-refractivity contribution in [3.8, 4) is 0 Å². The van der Waals surface area contributed by atoms with E-state index in [9.17, 15) is 4.79 Å². The van der Waals surface area contributed by atoms with E-state index >= 15 is 0 Å². The van der Waals surface area contributed by atoms with Gasteiger partial charge >= 0.3 is 0 Å². The summed E-state index contributed by atoms with van der Waals surface area (Å²) in [5.74, 6) is 0.797. The van der Waals surface area contributed by atoms with Gasteiger partial charge in [-0.3, -0.25) is 4.79 Å². The van der Waals surface area contributed by atoms with Crippen LogP contribution >= 0.6 is 24.0 Å². The molecular weight excluding hydrogens is 307 g/mol. The largest absolute Gasteiger partial charge is 0.333 e. The van der Waals surface area contributed by atoms with Gasteiger partial charge in [0.15, 0.2) is 0 Å². The SMILES string of the molecule is CC(C)CCC(=O)N1CCNCC1c1ccccc1Cl.Cl. The van der Waals surface area contributed by atoms with E-state index in [1.807, 2.05) is 29.2 Å². The number of halogens is 2. The Kier molecular flexibility index (Phi) is 7.50. The second-order valence-electron chi connectivity index (χ2n) is 5.76. The molecule has 118 valence electrons. The lowest BCUT2D eigenvalue weighted by molar-refractivity contribution is -0.134. The van der Waals surface area contributed by atoms with Crippen LogP contribution < -0.4 is 5.32 Å². The van der Waals surface area contributed by atoms with Gasteiger partial charge < -0.3 is 10.2 Å². The fourth-order valence-electron chi connectivity index (χ4n) is 2.58. The second kappa shape index (κ2) is 8.62. The number of nitrogens with zero attached hydrogens (tertiary/aromatic N) is 1. The summed E-state index contributed by atoms with van der Waals surface area (Å²) in [6, 6.07) is 7.86. The summed E-state index contributed by atoms with van der Waals surface area (Å²) in [7, 11) is 0. The first-order valence-electron chi connectivity index (χ1n) is 7.34. The summed E-state index contributed by atoms with van der Waals surface area (Å²) in [6.45, 7) is 6.69. The number of piperazine rings is 1. The van der Waals surface area contributed by atoms with E-state index in [-0.39, 0.29) is 24.4 Å². The molecule has 1 aliphatic rings. The lowest BCUT2D eigenvalue weighted by Crippen LogP contribution is -2.48. The van der Waals surface area contributed by atoms with Crippen LogP contribution in [-0.4, -0.2) is 30.4 Å². The molecule has 1 atom stereocenters. The van der Waals surface area contributed by atoms with Crippen molar-refractivity contribution in [2.45, 2.75) is 32.7 Å². The molecule has 1 unspecified atom stereocenters. The number of amides is 1. The molecule has 1 fully saturated rings. The Balaban J connectivity index is 0.00000220. The van der Waals surface area contributed by atoms with Gasteiger partial charge in [0.1, 0.15) is 0 Å². The molecule has 0 spiro atoms. The molecular formula is C16H24Cl2N2O. The van der Waals surface area contributed by atoms with E-state index in [0.29, 0.717) is 12.3 Å². The highest BCUT2D eigenvalue weighted by molar-refractivity contribution is 6.31. The van der Waals surface area contributed by atoms with Crippen molar-refractivity contribution in [2.24, 2.45) is 5.92 Å². The molecule has 0 bridgehead atoms. The molecule has 0 aliphatic carbocycles. The Labute approximate surface area is 138 Å². The summed E-state index contributed by atoms with van der Waals surface area (Å²) >= 11 is 6.29. The fraction of sp³-hybridized carbons (Fsp3) is 0.562. The van der Waals surface area contributed by atoms with Gasteiger partial charge in [-0.15, -0.1) is 12.4 Å². The van der Waals surface area contributed by atoms with Gasteiger partial charge in [-0.2, -0.15) is 0 Å². The minimum absolute atomic E-state index is 0. The third-order valence-corrected chi connectivity index (χ3v) is 4.11. The van der Waals surface area contributed by atoms with E-state index in [0.717, 1.165) is 36.6 Å². The molecule has 0 saturated carbocycles. The number of hydrogen-bond donors (Lipinski definition) is 1. The van der Waals surface area contributed by atoms with Crippen molar-refractivity contribution in [1.82, 2.24) is 10.2 Å². The first kappa shape index (κ1) is 18.3. The fourth-order valence-corrected chi connectivity index (χ4v) is 2.84. The highest BCUT2D eigenvalue weighted by atomic mass is 35.5. The van der Waals surface area contributed by atoms with Crippen LogP contribution in [0.15, 0.2) is 24.3 Å². The van der Waals surface area contributed by atoms with Crippen LogP contribution in [-0.2, 0) is 4.79 Å². The lowest BCUT2D eigenvalue weighted by Gasteiger charge is -2.37. The normalized spacial score (nSPS) is 18.5. The van der Waals surface area contributed by atoms with Gasteiger partial charge in [-0.05, 0) is 24.0 Å². The Bertz CT molecular complexity index is 465. The van der Waals surface area contributed by atoms with Gasteiger partial charge in [0.25, 0.3) is 0 Å². The van der Waals surface area contributed by atoms with Gasteiger partial charge in [0.2, 0.25) is 5.91 Å². The predicted octanol–water partition coefficient (Wildman–Crippen LogP) is 3.67. The van der Waals surface area contributed by atoms with Crippen LogP contribution in [0.5, 0.6) is 0 Å². The first-order valence-corrected chi connectivity index (χ1v) is 7.72. The smallest absolute Gasteiger partial charge is 0.223 e. The average Bonchev–Trinajstić information content (AvgIpc) is 2.45. The Morgan fingerprint density at radius 1 is 1.43 bits per heavy atom. The van der Waals surface area contributed by atoms with Crippen molar-refractivity contribution < 1.29 is 4.79 Å². The van der Waals surface area contributed by atoms with Gasteiger partial charge in [0.05, 0.1) is 6.04 Å². The zero-order valence-corrected chi connectivity index (χ0v) is 14.2. The molecule has 3 nitrogen and oxygen atoms in total. The molecule has 1 amide bonds. The monoisotopic (exact) mass is 330 g/mol. The van der Waals surface area contributed by atoms with Gasteiger partial charge in [-0.25, -0.2) is 0 Å². The van der Waals surface area contributed by atoms with Crippen molar-refractivity contribution in [3.63, 3.8) is 0 Å². The maximum absolute atomic E-state index is 12.5. The summed E-state index contributed by atoms with van der Waals surface area (Å²) in [4.78, 5) is 14.4. The zero-order chi connectivity index (χ0) is 14.5. The molecule has 1 aromatic rings. The first-order chi connectivity index (χ1) is 9.59. The zero-order valence-electron chi connectivity index (χ0n) is 12.6. The number of rotatable bonds is 4. The van der Waals surface area contributed by atoms with Crippen LogP contribution in [0.4, 0.5) is 0 Å². The van der Waals surface area contributed by atoms with Crippen molar-refractivity contribution in [2.75, 3.05) is 19.6 Å². The molecule has 1 aliphatic heterocycles. The third-order valence-electron chi connectivity index (χ3n) is 3.76. The standard InChI is InChI=1S/C16H23ClN2O.ClH/c1-12(2)7-8-16(20)19-10-9-18-11-15(19)13-5-3-4-6-14(13)17;/h3-6,12,15,18H,7-11H2,1-2H3;1H. The molecule has 21 heavy (non-hydrogen) atoms. The molecule has 2 rings (SSSR count). The van der Waals surface area contributed by atoms with E-state index in [1.165, 1.54) is 0 Å². The van der Waals surface area contributed by atoms with Crippen LogP contribution in [0.3, 0.4) is 0 Å². The number of nitrogens with one attached hydrogen (secondary N) is 1. The van der Waals surface area contributed by atoms with E-state index < -0.39 is 0 Å². The average molecular weight is 331 g/mol. The topological polar surface area (TPSA) is 32.3 Å². The summed E-state index contributed by atoms with van der Waals surface area (Å²) in [6.07, 6.45) is 1.57. The molecule has 5 heteroatoms. The molecule has 1 heterocycles. The molecule has 1 aromatic carbocycles. The Morgan fingerprint density at radius 2 is 2.14 bits per heavy atom. The predicted molar refractivity (Wildman–Crippen MR) is 90.1 cm³/mol. The van der Waals surface area contributed by atoms with Gasteiger partial charge in [-0.1, -0.05) is 43.6 Å². The van der Waals surface area contributed by atoms with Gasteiger partial charge in [0, 0.05) is 31.1 Å². The minimum atomic E-state index is 0. The summed E-state index contributed by atoms with van der Waals surface area (Å²) in [5, 5.41) is 4.10. The molecule has 1 N–H and O–H groups in total. The molecule has 1 saturated heterocycles. The number of carbonyl (C=O) groups is 1. The number of carbonyl (C=O) groups excluding carboxylic acids is 1. The van der Waals surface area contributed by atoms with Crippen molar-refractivity contribution >= 4 is 29.9 Å². The second-order valence-corrected chi connectivity index (χ2v) is 6.17. The van der Waals surface area contributed by atoms with E-state index in [2.05, 4.69) is 19.2 Å². The summed E-state index contributed by atoms with van der Waals surface area (Å²) < 4.78 is 0.